The number of ether oxygens (including phenoxy) is 2. The van der Waals surface area contributed by atoms with Crippen LogP contribution in [0.4, 0.5) is 13.2 Å². The van der Waals surface area contributed by atoms with E-state index in [9.17, 15) is 13.2 Å². The minimum atomic E-state index is -4.71. The molecule has 1 atom stereocenters. The molecule has 1 heterocycles. The summed E-state index contributed by atoms with van der Waals surface area (Å²) in [6.45, 7) is 2.36. The van der Waals surface area contributed by atoms with Gasteiger partial charge in [0.2, 0.25) is 0 Å². The van der Waals surface area contributed by atoms with Crippen LogP contribution in [0, 0.1) is 0 Å². The zero-order chi connectivity index (χ0) is 21.1. The molecule has 1 unspecified atom stereocenters. The van der Waals surface area contributed by atoms with Crippen molar-refractivity contribution in [3.8, 4) is 11.5 Å². The molecule has 0 bridgehead atoms. The van der Waals surface area contributed by atoms with Crippen LogP contribution in [-0.4, -0.2) is 15.9 Å². The maximum Gasteiger partial charge on any atom is 0.573 e. The smallest absolute Gasteiger partial charge is 0.483 e. The first-order valence-electron chi connectivity index (χ1n) is 9.40. The molecule has 0 amide bonds. The molecule has 0 saturated carbocycles. The second-order valence-corrected chi connectivity index (χ2v) is 6.81. The molecule has 154 valence electrons. The van der Waals surface area contributed by atoms with E-state index < -0.39 is 6.36 Å². The van der Waals surface area contributed by atoms with E-state index in [-0.39, 0.29) is 11.9 Å². The maximum absolute atomic E-state index is 12.4. The first-order chi connectivity index (χ1) is 14.4. The molecule has 1 aromatic heterocycles. The van der Waals surface area contributed by atoms with E-state index in [2.05, 4.69) is 4.74 Å². The van der Waals surface area contributed by atoms with E-state index in [4.69, 9.17) is 9.72 Å². The van der Waals surface area contributed by atoms with Crippen LogP contribution in [0.5, 0.6) is 11.5 Å². The molecule has 30 heavy (non-hydrogen) atoms. The van der Waals surface area contributed by atoms with E-state index >= 15 is 0 Å². The summed E-state index contributed by atoms with van der Waals surface area (Å²) in [4.78, 5) is 4.74. The Balaban J connectivity index is 1.63. The lowest BCUT2D eigenvalue weighted by Gasteiger charge is -2.17. The van der Waals surface area contributed by atoms with Crippen LogP contribution in [0.1, 0.15) is 24.4 Å². The van der Waals surface area contributed by atoms with E-state index in [1.165, 1.54) is 12.1 Å². The number of hydrogen-bond donors (Lipinski definition) is 0. The van der Waals surface area contributed by atoms with Crippen LogP contribution in [0.25, 0.3) is 11.0 Å². The van der Waals surface area contributed by atoms with Gasteiger partial charge < -0.3 is 14.0 Å². The third-order valence-electron chi connectivity index (χ3n) is 4.60. The first-order valence-corrected chi connectivity index (χ1v) is 9.40. The Hall–Kier alpha value is -3.48. The molecular formula is C23H19F3N2O2. The summed E-state index contributed by atoms with van der Waals surface area (Å²) in [7, 11) is 0. The van der Waals surface area contributed by atoms with E-state index in [1.54, 1.807) is 12.1 Å². The van der Waals surface area contributed by atoms with Crippen molar-refractivity contribution in [1.82, 2.24) is 9.55 Å². The topological polar surface area (TPSA) is 36.3 Å². The van der Waals surface area contributed by atoms with Crippen molar-refractivity contribution in [3.05, 3.63) is 90.3 Å². The Morgan fingerprint density at radius 2 is 1.53 bits per heavy atom. The second-order valence-electron chi connectivity index (χ2n) is 6.81. The van der Waals surface area contributed by atoms with Gasteiger partial charge in [-0.15, -0.1) is 13.2 Å². The predicted octanol–water partition coefficient (Wildman–Crippen LogP) is 6.12. The summed E-state index contributed by atoms with van der Waals surface area (Å²) in [6, 6.07) is 23.0. The van der Waals surface area contributed by atoms with Crippen LogP contribution in [0.15, 0.2) is 78.9 Å². The summed E-state index contributed by atoms with van der Waals surface area (Å²) in [5, 5.41) is 0. The first kappa shape index (κ1) is 19.8. The van der Waals surface area contributed by atoms with Gasteiger partial charge in [-0.3, -0.25) is 0 Å². The van der Waals surface area contributed by atoms with Gasteiger partial charge >= 0.3 is 6.36 Å². The Morgan fingerprint density at radius 1 is 0.867 bits per heavy atom. The highest BCUT2D eigenvalue weighted by Gasteiger charge is 2.31. The van der Waals surface area contributed by atoms with Gasteiger partial charge in [-0.2, -0.15) is 0 Å². The molecule has 0 fully saturated rings. The van der Waals surface area contributed by atoms with Gasteiger partial charge in [0.15, 0.2) is 11.9 Å². The molecule has 4 nitrogen and oxygen atoms in total. The third-order valence-corrected chi connectivity index (χ3v) is 4.60. The lowest BCUT2D eigenvalue weighted by molar-refractivity contribution is -0.274. The monoisotopic (exact) mass is 412 g/mol. The van der Waals surface area contributed by atoms with Crippen molar-refractivity contribution in [3.63, 3.8) is 0 Å². The molecule has 0 aliphatic rings. The number of halogens is 3. The Morgan fingerprint density at radius 3 is 2.23 bits per heavy atom. The van der Waals surface area contributed by atoms with Gasteiger partial charge in [0.25, 0.3) is 0 Å². The predicted molar refractivity (Wildman–Crippen MR) is 107 cm³/mol. The fourth-order valence-corrected chi connectivity index (χ4v) is 3.31. The Kier molecular flexibility index (Phi) is 5.35. The van der Waals surface area contributed by atoms with Gasteiger partial charge in [-0.25, -0.2) is 4.98 Å². The van der Waals surface area contributed by atoms with E-state index in [0.717, 1.165) is 28.2 Å². The lowest BCUT2D eigenvalue weighted by Crippen LogP contribution is -2.17. The van der Waals surface area contributed by atoms with Crippen LogP contribution >= 0.6 is 0 Å². The fourth-order valence-electron chi connectivity index (χ4n) is 3.31. The molecule has 0 radical (unpaired) electrons. The number of para-hydroxylation sites is 3. The third kappa shape index (κ3) is 4.56. The number of nitrogens with zero attached hydrogens (tertiary/aromatic N) is 2. The van der Waals surface area contributed by atoms with Crippen LogP contribution < -0.4 is 9.47 Å². The molecule has 4 aromatic rings. The minimum Gasteiger partial charge on any atom is -0.483 e. The van der Waals surface area contributed by atoms with Gasteiger partial charge in [0.05, 0.1) is 11.0 Å². The molecule has 0 saturated heterocycles. The van der Waals surface area contributed by atoms with Crippen LogP contribution in [0.3, 0.4) is 0 Å². The molecule has 0 aliphatic carbocycles. The molecule has 0 N–H and O–H groups in total. The quantitative estimate of drug-likeness (QED) is 0.383. The molecular weight excluding hydrogens is 393 g/mol. The van der Waals surface area contributed by atoms with Gasteiger partial charge in [-0.1, -0.05) is 42.5 Å². The molecule has 4 rings (SSSR count). The number of hydrogen-bond acceptors (Lipinski definition) is 3. The van der Waals surface area contributed by atoms with Crippen molar-refractivity contribution in [2.75, 3.05) is 0 Å². The summed E-state index contributed by atoms with van der Waals surface area (Å²) in [6.07, 6.45) is -5.04. The van der Waals surface area contributed by atoms with Gasteiger partial charge in [0.1, 0.15) is 11.5 Å². The molecule has 7 heteroatoms. The number of imidazole rings is 1. The normalized spacial score (nSPS) is 12.7. The average molecular weight is 412 g/mol. The average Bonchev–Trinajstić information content (AvgIpc) is 3.08. The SMILES string of the molecule is CC(Oc1ccccc1)c1nc2ccccc2n1Cc1ccc(OC(F)(F)F)cc1. The zero-order valence-electron chi connectivity index (χ0n) is 16.1. The molecule has 0 spiro atoms. The number of fused-ring (bicyclic) bond motifs is 1. The highest BCUT2D eigenvalue weighted by atomic mass is 19.4. The van der Waals surface area contributed by atoms with E-state index in [1.807, 2.05) is 66.1 Å². The number of alkyl halides is 3. The van der Waals surface area contributed by atoms with Crippen LogP contribution in [0.2, 0.25) is 0 Å². The number of benzene rings is 3. The lowest BCUT2D eigenvalue weighted by atomic mass is 10.2. The molecule has 0 aliphatic heterocycles. The summed E-state index contributed by atoms with van der Waals surface area (Å²) >= 11 is 0. The van der Waals surface area contributed by atoms with Crippen molar-refractivity contribution in [2.45, 2.75) is 25.9 Å². The van der Waals surface area contributed by atoms with Gasteiger partial charge in [0, 0.05) is 6.54 Å². The Labute approximate surface area is 171 Å². The second kappa shape index (κ2) is 8.10. The van der Waals surface area contributed by atoms with Crippen molar-refractivity contribution in [2.24, 2.45) is 0 Å². The minimum absolute atomic E-state index is 0.247. The standard InChI is InChI=1S/C23H19F3N2O2/c1-16(29-18-7-3-2-4-8-18)22-27-20-9-5-6-10-21(20)28(22)15-17-11-13-19(14-12-17)30-23(24,25)26/h2-14,16H,15H2,1H3. The van der Waals surface area contributed by atoms with E-state index in [0.29, 0.717) is 6.54 Å². The summed E-state index contributed by atoms with van der Waals surface area (Å²) < 4.78 is 49.2. The van der Waals surface area contributed by atoms with Gasteiger partial charge in [-0.05, 0) is 48.9 Å². The molecule has 3 aromatic carbocycles. The zero-order valence-corrected chi connectivity index (χ0v) is 16.1. The highest BCUT2D eigenvalue weighted by Crippen LogP contribution is 2.27. The largest absolute Gasteiger partial charge is 0.573 e. The van der Waals surface area contributed by atoms with Crippen molar-refractivity contribution < 1.29 is 22.6 Å². The number of rotatable bonds is 6. The highest BCUT2D eigenvalue weighted by molar-refractivity contribution is 5.76. The fraction of sp³-hybridized carbons (Fsp3) is 0.174. The van der Waals surface area contributed by atoms with Crippen molar-refractivity contribution >= 4 is 11.0 Å². The summed E-state index contributed by atoms with van der Waals surface area (Å²) in [5.41, 5.74) is 2.57. The van der Waals surface area contributed by atoms with Crippen molar-refractivity contribution in [1.29, 1.82) is 0 Å². The number of aromatic nitrogens is 2. The Bertz CT molecular complexity index is 1120. The maximum atomic E-state index is 12.4. The summed E-state index contributed by atoms with van der Waals surface area (Å²) in [5.74, 6) is 1.22. The van der Waals surface area contributed by atoms with Crippen LogP contribution in [-0.2, 0) is 6.54 Å².